The number of rotatable bonds is 2. The highest BCUT2D eigenvalue weighted by Crippen LogP contribution is 2.52. The van der Waals surface area contributed by atoms with E-state index in [9.17, 15) is 9.18 Å². The van der Waals surface area contributed by atoms with Crippen LogP contribution in [-0.4, -0.2) is 37.6 Å². The number of ether oxygens (including phenoxy) is 2. The number of nitrogens with zero attached hydrogens (tertiary/aromatic N) is 5. The minimum Gasteiger partial charge on any atom is -0.482 e. The van der Waals surface area contributed by atoms with Gasteiger partial charge in [0.2, 0.25) is 0 Å². The summed E-state index contributed by atoms with van der Waals surface area (Å²) in [7, 11) is 3.25. The molecule has 0 saturated heterocycles. The van der Waals surface area contributed by atoms with E-state index >= 15 is 0 Å². The number of esters is 1. The van der Waals surface area contributed by atoms with Crippen molar-refractivity contribution in [3.8, 4) is 28.3 Å². The number of halogens is 1. The van der Waals surface area contributed by atoms with Crippen molar-refractivity contribution < 1.29 is 18.7 Å². The quantitative estimate of drug-likeness (QED) is 0.406. The first-order chi connectivity index (χ1) is 17.8. The fourth-order valence-electron chi connectivity index (χ4n) is 5.72. The van der Waals surface area contributed by atoms with Crippen LogP contribution in [0.4, 0.5) is 10.2 Å². The third-order valence-electron chi connectivity index (χ3n) is 7.35. The van der Waals surface area contributed by atoms with E-state index < -0.39 is 12.0 Å². The molecular weight excluding hydrogens is 475 g/mol. The number of hydrogen-bond acceptors (Lipinski definition) is 7. The molecule has 0 spiro atoms. The van der Waals surface area contributed by atoms with E-state index in [1.54, 1.807) is 16.9 Å². The lowest BCUT2D eigenvalue weighted by Gasteiger charge is -2.22. The number of hydrogen-bond donors (Lipinski definition) is 1. The van der Waals surface area contributed by atoms with Gasteiger partial charge in [0.05, 0.1) is 24.2 Å². The van der Waals surface area contributed by atoms with Crippen LogP contribution in [0.5, 0.6) is 5.75 Å². The minimum absolute atomic E-state index is 0.201. The van der Waals surface area contributed by atoms with Gasteiger partial charge >= 0.3 is 5.97 Å². The summed E-state index contributed by atoms with van der Waals surface area (Å²) < 4.78 is 29.6. The van der Waals surface area contributed by atoms with E-state index in [2.05, 4.69) is 4.98 Å². The molecule has 0 fully saturated rings. The summed E-state index contributed by atoms with van der Waals surface area (Å²) in [5, 5.41) is 9.68. The number of fused-ring (bicyclic) bond motifs is 7. The Bertz CT molecular complexity index is 1560. The number of carbonyl (C=O) groups is 1. The molecule has 1 aliphatic heterocycles. The largest absolute Gasteiger partial charge is 0.482 e. The van der Waals surface area contributed by atoms with Crippen LogP contribution in [0.15, 0.2) is 36.7 Å². The minimum atomic E-state index is -0.545. The zero-order valence-corrected chi connectivity index (χ0v) is 21.0. The smallest absolute Gasteiger partial charge is 0.314 e. The molecule has 6 rings (SSSR count). The van der Waals surface area contributed by atoms with Crippen LogP contribution in [0.3, 0.4) is 0 Å². The van der Waals surface area contributed by atoms with Crippen LogP contribution in [0.1, 0.15) is 60.6 Å². The van der Waals surface area contributed by atoms with Crippen molar-refractivity contribution in [1.82, 2.24) is 24.5 Å². The highest BCUT2D eigenvalue weighted by atomic mass is 19.1. The third kappa shape index (κ3) is 3.50. The topological polar surface area (TPSA) is 110 Å². The summed E-state index contributed by atoms with van der Waals surface area (Å²) in [4.78, 5) is 17.3. The summed E-state index contributed by atoms with van der Waals surface area (Å²) in [5.74, 6) is -0.821. The molecule has 1 aromatic carbocycles. The van der Waals surface area contributed by atoms with E-state index in [-0.39, 0.29) is 23.5 Å². The third-order valence-corrected chi connectivity index (χ3v) is 7.35. The first-order valence-electron chi connectivity index (χ1n) is 12.2. The number of pyridine rings is 1. The number of aromatic nitrogens is 5. The number of nitrogens with two attached hydrogens (primary N) is 1. The summed E-state index contributed by atoms with van der Waals surface area (Å²) in [6.07, 6.45) is 3.60. The average Bonchev–Trinajstić information content (AvgIpc) is 3.56. The second-order valence-electron chi connectivity index (χ2n) is 9.53. The number of carbonyl (C=O) groups excluding carboxylic acids is 1. The van der Waals surface area contributed by atoms with Crippen LogP contribution in [0, 0.1) is 5.82 Å². The molecule has 0 saturated carbocycles. The molecule has 1 aliphatic carbocycles. The normalized spacial score (nSPS) is 19.6. The Kier molecular flexibility index (Phi) is 5.29. The van der Waals surface area contributed by atoms with Crippen molar-refractivity contribution in [2.75, 3.05) is 12.8 Å². The van der Waals surface area contributed by atoms with Gasteiger partial charge in [-0.2, -0.15) is 10.2 Å². The highest BCUT2D eigenvalue weighted by molar-refractivity contribution is 5.83. The SMILES string of the molecule is CCn1nc2c3c1-c1cnc(N)c(c1)O[C@H](C)c1cc(F)ccc1-c1nn(C)cc1[C@H]3CC2C(=O)OC. The summed E-state index contributed by atoms with van der Waals surface area (Å²) in [6, 6.07) is 6.46. The van der Waals surface area contributed by atoms with Crippen LogP contribution in [0.25, 0.3) is 22.5 Å². The molecular formula is C27H27FN6O3. The molecule has 10 heteroatoms. The Morgan fingerprint density at radius 2 is 2.08 bits per heavy atom. The molecule has 2 aliphatic rings. The fraction of sp³-hybridized carbons (Fsp3) is 0.333. The van der Waals surface area contributed by atoms with Crippen molar-refractivity contribution >= 4 is 11.8 Å². The Morgan fingerprint density at radius 1 is 1.27 bits per heavy atom. The number of nitrogen functional groups attached to an aromatic ring is 1. The predicted octanol–water partition coefficient (Wildman–Crippen LogP) is 4.33. The second kappa shape index (κ2) is 8.43. The molecule has 37 heavy (non-hydrogen) atoms. The molecule has 4 aromatic rings. The Hall–Kier alpha value is -4.21. The first-order valence-corrected chi connectivity index (χ1v) is 12.2. The second-order valence-corrected chi connectivity index (χ2v) is 9.53. The summed E-state index contributed by atoms with van der Waals surface area (Å²) >= 11 is 0. The molecule has 2 bridgehead atoms. The van der Waals surface area contributed by atoms with Crippen molar-refractivity contribution in [1.29, 1.82) is 0 Å². The van der Waals surface area contributed by atoms with Gasteiger partial charge in [0.25, 0.3) is 0 Å². The maximum Gasteiger partial charge on any atom is 0.314 e. The van der Waals surface area contributed by atoms with E-state index in [0.717, 1.165) is 27.9 Å². The van der Waals surface area contributed by atoms with Crippen molar-refractivity contribution in [2.45, 2.75) is 44.8 Å². The number of benzene rings is 1. The lowest BCUT2D eigenvalue weighted by molar-refractivity contribution is -0.142. The van der Waals surface area contributed by atoms with Gasteiger partial charge in [-0.3, -0.25) is 14.2 Å². The number of aryl methyl sites for hydroxylation is 2. The van der Waals surface area contributed by atoms with E-state index in [0.29, 0.717) is 35.7 Å². The van der Waals surface area contributed by atoms with E-state index in [1.165, 1.54) is 19.2 Å². The van der Waals surface area contributed by atoms with E-state index in [1.807, 2.05) is 37.8 Å². The number of anilines is 1. The molecule has 3 atom stereocenters. The molecule has 9 nitrogen and oxygen atoms in total. The van der Waals surface area contributed by atoms with Crippen LogP contribution in [0.2, 0.25) is 0 Å². The van der Waals surface area contributed by atoms with Crippen molar-refractivity contribution in [3.05, 3.63) is 64.9 Å². The van der Waals surface area contributed by atoms with Crippen molar-refractivity contribution in [3.63, 3.8) is 0 Å². The molecule has 4 heterocycles. The number of methoxy groups -OCH3 is 1. The van der Waals surface area contributed by atoms with Gasteiger partial charge in [-0.05, 0) is 44.5 Å². The maximum atomic E-state index is 14.5. The highest BCUT2D eigenvalue weighted by Gasteiger charge is 2.44. The average molecular weight is 503 g/mol. The zero-order valence-electron chi connectivity index (χ0n) is 21.0. The lowest BCUT2D eigenvalue weighted by atomic mass is 9.87. The summed E-state index contributed by atoms with van der Waals surface area (Å²) in [6.45, 7) is 4.44. The lowest BCUT2D eigenvalue weighted by Crippen LogP contribution is -2.14. The molecule has 0 amide bonds. The molecule has 2 N–H and O–H groups in total. The Morgan fingerprint density at radius 3 is 2.84 bits per heavy atom. The van der Waals surface area contributed by atoms with Gasteiger partial charge in [-0.15, -0.1) is 0 Å². The standard InChI is InChI=1S/C27H27FN6O3/c1-5-34-25-14-8-21(26(29)30-11-14)37-13(2)17-9-15(28)6-7-16(17)23-20(12-33(3)31-23)18-10-19(27(35)36-4)24(32-34)22(18)25/h6-9,11-13,18-19H,5,10H2,1-4H3,(H2,29,30)/t13-,18-,19?/m1/s1. The van der Waals surface area contributed by atoms with Gasteiger partial charge in [-0.1, -0.05) is 0 Å². The molecule has 0 radical (unpaired) electrons. The van der Waals surface area contributed by atoms with Crippen molar-refractivity contribution in [2.24, 2.45) is 7.05 Å². The van der Waals surface area contributed by atoms with Crippen LogP contribution >= 0.6 is 0 Å². The van der Waals surface area contributed by atoms with Gasteiger partial charge in [0, 0.05) is 59.7 Å². The maximum absolute atomic E-state index is 14.5. The Balaban J connectivity index is 1.71. The van der Waals surface area contributed by atoms with Gasteiger partial charge in [-0.25, -0.2) is 9.37 Å². The van der Waals surface area contributed by atoms with Crippen LogP contribution in [-0.2, 0) is 23.1 Å². The first kappa shape index (κ1) is 23.2. The van der Waals surface area contributed by atoms with Gasteiger partial charge in [0.1, 0.15) is 17.8 Å². The molecule has 1 unspecified atom stereocenters. The monoisotopic (exact) mass is 502 g/mol. The van der Waals surface area contributed by atoms with Gasteiger partial charge in [0.15, 0.2) is 11.6 Å². The molecule has 190 valence electrons. The van der Waals surface area contributed by atoms with Gasteiger partial charge < -0.3 is 15.2 Å². The molecule has 3 aromatic heterocycles. The fourth-order valence-corrected chi connectivity index (χ4v) is 5.72. The predicted molar refractivity (Wildman–Crippen MR) is 134 cm³/mol. The van der Waals surface area contributed by atoms with Crippen LogP contribution < -0.4 is 10.5 Å². The summed E-state index contributed by atoms with van der Waals surface area (Å²) in [5.41, 5.74) is 12.5. The Labute approximate surface area is 213 Å². The zero-order chi connectivity index (χ0) is 26.0. The van der Waals surface area contributed by atoms with E-state index in [4.69, 9.17) is 25.4 Å².